The third-order valence-corrected chi connectivity index (χ3v) is 3.94. The van der Waals surface area contributed by atoms with Crippen molar-refractivity contribution < 1.29 is 14.4 Å². The highest BCUT2D eigenvalue weighted by Crippen LogP contribution is 2.29. The van der Waals surface area contributed by atoms with Crippen LogP contribution in [0.15, 0.2) is 42.5 Å². The van der Waals surface area contributed by atoms with E-state index in [4.69, 9.17) is 23.2 Å². The second kappa shape index (κ2) is 8.50. The monoisotopic (exact) mass is 379 g/mol. The first-order valence-electron chi connectivity index (χ1n) is 7.26. The topological polar surface area (TPSA) is 87.3 Å². The molecule has 0 aliphatic heterocycles. The molecule has 0 spiro atoms. The third-order valence-electron chi connectivity index (χ3n) is 3.12. The molecule has 2 aromatic carbocycles. The molecule has 2 aromatic rings. The van der Waals surface area contributed by atoms with E-state index in [-0.39, 0.29) is 11.6 Å². The summed E-state index contributed by atoms with van der Waals surface area (Å²) in [4.78, 5) is 35.4. The molecule has 0 aliphatic rings. The van der Waals surface area contributed by atoms with Crippen LogP contribution in [0.3, 0.4) is 0 Å². The SMILES string of the molecule is Cc1cccc(NC(=O)C(=O)NCC(=O)Nc2cccc(Cl)c2Cl)c1. The molecule has 0 heterocycles. The van der Waals surface area contributed by atoms with E-state index in [1.54, 1.807) is 36.4 Å². The molecule has 0 unspecified atom stereocenters. The van der Waals surface area contributed by atoms with Gasteiger partial charge in [0.2, 0.25) is 5.91 Å². The molecule has 6 nitrogen and oxygen atoms in total. The second-order valence-electron chi connectivity index (χ2n) is 5.16. The van der Waals surface area contributed by atoms with E-state index >= 15 is 0 Å². The first-order chi connectivity index (χ1) is 11.9. The van der Waals surface area contributed by atoms with E-state index in [1.165, 1.54) is 0 Å². The summed E-state index contributed by atoms with van der Waals surface area (Å²) in [6.45, 7) is 1.48. The molecule has 2 rings (SSSR count). The zero-order valence-electron chi connectivity index (χ0n) is 13.2. The molecule has 3 N–H and O–H groups in total. The normalized spacial score (nSPS) is 10.0. The Labute approximate surface area is 154 Å². The molecule has 25 heavy (non-hydrogen) atoms. The number of aryl methyl sites for hydroxylation is 1. The van der Waals surface area contributed by atoms with Crippen LogP contribution in [0.25, 0.3) is 0 Å². The van der Waals surface area contributed by atoms with Crippen LogP contribution in [0.4, 0.5) is 11.4 Å². The van der Waals surface area contributed by atoms with Crippen molar-refractivity contribution in [2.75, 3.05) is 17.2 Å². The Morgan fingerprint density at radius 2 is 1.68 bits per heavy atom. The van der Waals surface area contributed by atoms with E-state index in [1.807, 2.05) is 13.0 Å². The van der Waals surface area contributed by atoms with Crippen LogP contribution in [0.5, 0.6) is 0 Å². The molecular weight excluding hydrogens is 365 g/mol. The zero-order valence-corrected chi connectivity index (χ0v) is 14.7. The predicted molar refractivity (Wildman–Crippen MR) is 97.9 cm³/mol. The standard InChI is InChI=1S/C17H15Cl2N3O3/c1-10-4-2-5-11(8-10)21-17(25)16(24)20-9-14(23)22-13-7-3-6-12(18)15(13)19/h2-8H,9H2,1H3,(H,20,24)(H,21,25)(H,22,23). The molecule has 0 fully saturated rings. The van der Waals surface area contributed by atoms with Crippen LogP contribution < -0.4 is 16.0 Å². The van der Waals surface area contributed by atoms with Crippen molar-refractivity contribution >= 4 is 52.3 Å². The van der Waals surface area contributed by atoms with Gasteiger partial charge < -0.3 is 16.0 Å². The van der Waals surface area contributed by atoms with Crippen molar-refractivity contribution in [3.63, 3.8) is 0 Å². The van der Waals surface area contributed by atoms with Crippen LogP contribution in [-0.2, 0) is 14.4 Å². The van der Waals surface area contributed by atoms with Crippen molar-refractivity contribution in [3.05, 3.63) is 58.1 Å². The summed E-state index contributed by atoms with van der Waals surface area (Å²) in [5.41, 5.74) is 1.75. The van der Waals surface area contributed by atoms with Gasteiger partial charge in [-0.05, 0) is 36.8 Å². The van der Waals surface area contributed by atoms with Crippen molar-refractivity contribution in [3.8, 4) is 0 Å². The summed E-state index contributed by atoms with van der Waals surface area (Å²) in [6.07, 6.45) is 0. The summed E-state index contributed by atoms with van der Waals surface area (Å²) >= 11 is 11.8. The molecule has 0 aromatic heterocycles. The average molecular weight is 380 g/mol. The van der Waals surface area contributed by atoms with Gasteiger partial charge in [-0.15, -0.1) is 0 Å². The minimum Gasteiger partial charge on any atom is -0.339 e. The number of nitrogens with one attached hydrogen (secondary N) is 3. The van der Waals surface area contributed by atoms with Crippen molar-refractivity contribution in [2.24, 2.45) is 0 Å². The lowest BCUT2D eigenvalue weighted by molar-refractivity contribution is -0.136. The highest BCUT2D eigenvalue weighted by atomic mass is 35.5. The number of anilines is 2. The summed E-state index contributed by atoms with van der Waals surface area (Å²) < 4.78 is 0. The maximum absolute atomic E-state index is 11.8. The maximum atomic E-state index is 11.8. The fourth-order valence-electron chi connectivity index (χ4n) is 1.95. The van der Waals surface area contributed by atoms with Gasteiger partial charge in [0.1, 0.15) is 0 Å². The van der Waals surface area contributed by atoms with E-state index in [2.05, 4.69) is 16.0 Å². The molecule has 0 saturated carbocycles. The van der Waals surface area contributed by atoms with Gasteiger partial charge in [0, 0.05) is 5.69 Å². The first kappa shape index (κ1) is 18.8. The van der Waals surface area contributed by atoms with Gasteiger partial charge in [0.15, 0.2) is 0 Å². The van der Waals surface area contributed by atoms with Crippen LogP contribution in [0.1, 0.15) is 5.56 Å². The smallest absolute Gasteiger partial charge is 0.313 e. The van der Waals surface area contributed by atoms with Crippen molar-refractivity contribution in [2.45, 2.75) is 6.92 Å². The molecule has 0 bridgehead atoms. The Bertz CT molecular complexity index is 825. The van der Waals surface area contributed by atoms with Gasteiger partial charge in [-0.2, -0.15) is 0 Å². The molecule has 0 saturated heterocycles. The van der Waals surface area contributed by atoms with Crippen LogP contribution >= 0.6 is 23.2 Å². The lowest BCUT2D eigenvalue weighted by atomic mass is 10.2. The summed E-state index contributed by atoms with van der Waals surface area (Å²) in [6, 6.07) is 11.8. The number of hydrogen-bond donors (Lipinski definition) is 3. The van der Waals surface area contributed by atoms with Gasteiger partial charge in [0.05, 0.1) is 22.3 Å². The van der Waals surface area contributed by atoms with Crippen molar-refractivity contribution in [1.82, 2.24) is 5.32 Å². The largest absolute Gasteiger partial charge is 0.339 e. The molecule has 0 atom stereocenters. The van der Waals surface area contributed by atoms with Gasteiger partial charge in [-0.3, -0.25) is 14.4 Å². The van der Waals surface area contributed by atoms with Crippen molar-refractivity contribution in [1.29, 1.82) is 0 Å². The lowest BCUT2D eigenvalue weighted by Gasteiger charge is -2.09. The highest BCUT2D eigenvalue weighted by molar-refractivity contribution is 6.44. The van der Waals surface area contributed by atoms with E-state index < -0.39 is 17.7 Å². The van der Waals surface area contributed by atoms with Crippen LogP contribution in [-0.4, -0.2) is 24.3 Å². The number of carbonyl (C=O) groups excluding carboxylic acids is 3. The molecule has 8 heteroatoms. The maximum Gasteiger partial charge on any atom is 0.313 e. The lowest BCUT2D eigenvalue weighted by Crippen LogP contribution is -2.39. The molecule has 130 valence electrons. The highest BCUT2D eigenvalue weighted by Gasteiger charge is 2.15. The molecular formula is C17H15Cl2N3O3. The Morgan fingerprint density at radius 3 is 2.40 bits per heavy atom. The Hall–Kier alpha value is -2.57. The number of amides is 3. The second-order valence-corrected chi connectivity index (χ2v) is 5.94. The fourth-order valence-corrected chi connectivity index (χ4v) is 2.29. The minimum absolute atomic E-state index is 0.195. The third kappa shape index (κ3) is 5.48. The molecule has 0 aliphatic carbocycles. The number of hydrogen-bond acceptors (Lipinski definition) is 3. The number of benzene rings is 2. The van der Waals surface area contributed by atoms with Gasteiger partial charge >= 0.3 is 11.8 Å². The minimum atomic E-state index is -0.922. The number of halogens is 2. The van der Waals surface area contributed by atoms with Crippen LogP contribution in [0.2, 0.25) is 10.0 Å². The van der Waals surface area contributed by atoms with Gasteiger partial charge in [-0.1, -0.05) is 41.4 Å². The average Bonchev–Trinajstić information content (AvgIpc) is 2.57. The van der Waals surface area contributed by atoms with E-state index in [0.717, 1.165) is 5.56 Å². The predicted octanol–water partition coefficient (Wildman–Crippen LogP) is 3.00. The van der Waals surface area contributed by atoms with Gasteiger partial charge in [-0.25, -0.2) is 0 Å². The Balaban J connectivity index is 1.85. The quantitative estimate of drug-likeness (QED) is 0.713. The molecule has 3 amide bonds. The summed E-state index contributed by atoms with van der Waals surface area (Å²) in [5.74, 6) is -2.33. The zero-order chi connectivity index (χ0) is 18.4. The fraction of sp³-hybridized carbons (Fsp3) is 0.118. The Morgan fingerprint density at radius 1 is 0.960 bits per heavy atom. The van der Waals surface area contributed by atoms with Crippen LogP contribution in [0, 0.1) is 6.92 Å². The summed E-state index contributed by atoms with van der Waals surface area (Å²) in [7, 11) is 0. The number of carbonyl (C=O) groups is 3. The van der Waals surface area contributed by atoms with E-state index in [9.17, 15) is 14.4 Å². The number of rotatable bonds is 4. The molecule has 0 radical (unpaired) electrons. The first-order valence-corrected chi connectivity index (χ1v) is 8.02. The van der Waals surface area contributed by atoms with Gasteiger partial charge in [0.25, 0.3) is 0 Å². The Kier molecular flexibility index (Phi) is 6.38. The van der Waals surface area contributed by atoms with E-state index in [0.29, 0.717) is 16.4 Å². The summed E-state index contributed by atoms with van der Waals surface area (Å²) in [5, 5.41) is 7.67.